The summed E-state index contributed by atoms with van der Waals surface area (Å²) in [5.41, 5.74) is 0.389. The van der Waals surface area contributed by atoms with Crippen LogP contribution in [0.5, 0.6) is 0 Å². The summed E-state index contributed by atoms with van der Waals surface area (Å²) in [4.78, 5) is 11.6. The number of nitrogens with one attached hydrogen (secondary N) is 2. The predicted octanol–water partition coefficient (Wildman–Crippen LogP) is 3.28. The number of hydrogen-bond acceptors (Lipinski definition) is 4. The smallest absolute Gasteiger partial charge is 0.308 e. The second kappa shape index (κ2) is 5.28. The first-order valence-electron chi connectivity index (χ1n) is 4.88. The Balaban J connectivity index is 2.00. The lowest BCUT2D eigenvalue weighted by Gasteiger charge is -2.05. The quantitative estimate of drug-likeness (QED) is 0.890. The molecule has 0 spiro atoms. The van der Waals surface area contributed by atoms with E-state index in [2.05, 4.69) is 20.8 Å². The fourth-order valence-corrected chi connectivity index (χ4v) is 1.95. The topological polar surface area (TPSA) is 66.9 Å². The molecular weight excluding hydrogens is 279 g/mol. The number of amides is 2. The van der Waals surface area contributed by atoms with Crippen molar-refractivity contribution < 1.29 is 9.18 Å². The Bertz CT molecular complexity index is 589. The average Bonchev–Trinajstić information content (AvgIpc) is 2.69. The van der Waals surface area contributed by atoms with E-state index in [-0.39, 0.29) is 5.02 Å². The second-order valence-corrected chi connectivity index (χ2v) is 4.92. The number of nitrogens with zero attached hydrogens (tertiary/aromatic N) is 2. The first-order valence-corrected chi connectivity index (χ1v) is 6.07. The van der Waals surface area contributed by atoms with Crippen LogP contribution in [0.4, 0.5) is 20.0 Å². The lowest BCUT2D eigenvalue weighted by atomic mass is 10.3. The molecule has 0 bridgehead atoms. The third-order valence-corrected chi connectivity index (χ3v) is 2.97. The summed E-state index contributed by atoms with van der Waals surface area (Å²) in [7, 11) is 0. The van der Waals surface area contributed by atoms with Gasteiger partial charge in [0, 0.05) is 5.69 Å². The number of aromatic nitrogens is 2. The van der Waals surface area contributed by atoms with Crippen molar-refractivity contribution in [3.05, 3.63) is 34.0 Å². The van der Waals surface area contributed by atoms with Gasteiger partial charge in [0.15, 0.2) is 0 Å². The van der Waals surface area contributed by atoms with E-state index in [0.717, 1.165) is 5.01 Å². The summed E-state index contributed by atoms with van der Waals surface area (Å²) >= 11 is 6.85. The molecule has 5 nitrogen and oxygen atoms in total. The molecule has 94 valence electrons. The van der Waals surface area contributed by atoms with E-state index in [1.54, 1.807) is 6.92 Å². The van der Waals surface area contributed by atoms with Gasteiger partial charge in [0.2, 0.25) is 5.13 Å². The SMILES string of the molecule is Cc1nnc(NC(=O)Nc2ccc(F)c(Cl)c2)s1. The van der Waals surface area contributed by atoms with Gasteiger partial charge in [-0.2, -0.15) is 0 Å². The van der Waals surface area contributed by atoms with Crippen LogP contribution in [-0.4, -0.2) is 16.2 Å². The number of halogens is 2. The summed E-state index contributed by atoms with van der Waals surface area (Å²) < 4.78 is 12.9. The molecular formula is C10H8ClFN4OS. The molecule has 0 saturated carbocycles. The van der Waals surface area contributed by atoms with Crippen LogP contribution in [0.15, 0.2) is 18.2 Å². The van der Waals surface area contributed by atoms with Crippen molar-refractivity contribution in [2.75, 3.05) is 10.6 Å². The highest BCUT2D eigenvalue weighted by Crippen LogP contribution is 2.20. The van der Waals surface area contributed by atoms with E-state index < -0.39 is 11.8 Å². The first kappa shape index (κ1) is 12.7. The number of carbonyl (C=O) groups is 1. The predicted molar refractivity (Wildman–Crippen MR) is 68.7 cm³/mol. The Morgan fingerprint density at radius 1 is 1.39 bits per heavy atom. The number of anilines is 2. The number of carbonyl (C=O) groups excluding carboxylic acids is 1. The monoisotopic (exact) mass is 286 g/mol. The molecule has 2 N–H and O–H groups in total. The summed E-state index contributed by atoms with van der Waals surface area (Å²) in [6.45, 7) is 1.78. The molecule has 0 aliphatic carbocycles. The fraction of sp³-hybridized carbons (Fsp3) is 0.100. The van der Waals surface area contributed by atoms with Crippen LogP contribution in [0, 0.1) is 12.7 Å². The van der Waals surface area contributed by atoms with E-state index >= 15 is 0 Å². The number of urea groups is 1. The van der Waals surface area contributed by atoms with Crippen molar-refractivity contribution in [1.29, 1.82) is 0 Å². The van der Waals surface area contributed by atoms with Crippen LogP contribution < -0.4 is 10.6 Å². The summed E-state index contributed by atoms with van der Waals surface area (Å²) in [5.74, 6) is -0.539. The second-order valence-electron chi connectivity index (χ2n) is 3.33. The Morgan fingerprint density at radius 2 is 2.17 bits per heavy atom. The Kier molecular flexibility index (Phi) is 3.73. The highest BCUT2D eigenvalue weighted by atomic mass is 35.5. The zero-order valence-electron chi connectivity index (χ0n) is 9.20. The van der Waals surface area contributed by atoms with Crippen molar-refractivity contribution in [2.45, 2.75) is 6.92 Å². The van der Waals surface area contributed by atoms with Gasteiger partial charge in [0.25, 0.3) is 0 Å². The maximum absolute atomic E-state index is 12.9. The van der Waals surface area contributed by atoms with E-state index in [9.17, 15) is 9.18 Å². The van der Waals surface area contributed by atoms with Gasteiger partial charge in [-0.05, 0) is 25.1 Å². The van der Waals surface area contributed by atoms with Gasteiger partial charge >= 0.3 is 6.03 Å². The van der Waals surface area contributed by atoms with Crippen LogP contribution in [-0.2, 0) is 0 Å². The Hall–Kier alpha value is -1.73. The largest absolute Gasteiger partial charge is 0.325 e. The van der Waals surface area contributed by atoms with Crippen molar-refractivity contribution >= 4 is 39.8 Å². The van der Waals surface area contributed by atoms with Crippen LogP contribution in [0.25, 0.3) is 0 Å². The van der Waals surface area contributed by atoms with E-state index in [1.165, 1.54) is 29.5 Å². The fourth-order valence-electron chi connectivity index (χ4n) is 1.18. The number of benzene rings is 1. The van der Waals surface area contributed by atoms with Gasteiger partial charge in [0.05, 0.1) is 5.02 Å². The zero-order valence-corrected chi connectivity index (χ0v) is 10.8. The van der Waals surface area contributed by atoms with Gasteiger partial charge < -0.3 is 5.32 Å². The standard InChI is InChI=1S/C10H8ClFN4OS/c1-5-15-16-10(18-5)14-9(17)13-6-2-3-8(12)7(11)4-6/h2-4H,1H3,(H2,13,14,16,17). The third-order valence-electron chi connectivity index (χ3n) is 1.92. The number of aryl methyl sites for hydroxylation is 1. The highest BCUT2D eigenvalue weighted by molar-refractivity contribution is 7.15. The maximum Gasteiger partial charge on any atom is 0.325 e. The van der Waals surface area contributed by atoms with Gasteiger partial charge in [-0.25, -0.2) is 9.18 Å². The van der Waals surface area contributed by atoms with Gasteiger partial charge in [-0.1, -0.05) is 22.9 Å². The van der Waals surface area contributed by atoms with Crippen molar-refractivity contribution in [3.63, 3.8) is 0 Å². The normalized spacial score (nSPS) is 10.2. The van der Waals surface area contributed by atoms with E-state index in [0.29, 0.717) is 10.8 Å². The molecule has 0 unspecified atom stereocenters. The minimum Gasteiger partial charge on any atom is -0.308 e. The van der Waals surface area contributed by atoms with Crippen molar-refractivity contribution in [3.8, 4) is 0 Å². The van der Waals surface area contributed by atoms with Crippen LogP contribution >= 0.6 is 22.9 Å². The molecule has 0 fully saturated rings. The molecule has 0 atom stereocenters. The minimum absolute atomic E-state index is 0.0560. The molecule has 1 aromatic heterocycles. The summed E-state index contributed by atoms with van der Waals surface area (Å²) in [6, 6.07) is 3.41. The summed E-state index contributed by atoms with van der Waals surface area (Å²) in [6.07, 6.45) is 0. The number of hydrogen-bond donors (Lipinski definition) is 2. The average molecular weight is 287 g/mol. The molecule has 1 aromatic carbocycles. The molecule has 18 heavy (non-hydrogen) atoms. The van der Waals surface area contributed by atoms with Crippen LogP contribution in [0.3, 0.4) is 0 Å². The lowest BCUT2D eigenvalue weighted by molar-refractivity contribution is 0.262. The molecule has 1 heterocycles. The van der Waals surface area contributed by atoms with Crippen LogP contribution in [0.2, 0.25) is 5.02 Å². The molecule has 0 saturated heterocycles. The van der Waals surface area contributed by atoms with Gasteiger partial charge in [0.1, 0.15) is 10.8 Å². The molecule has 2 aromatic rings. The van der Waals surface area contributed by atoms with Crippen LogP contribution in [0.1, 0.15) is 5.01 Å². The Morgan fingerprint density at radius 3 is 2.78 bits per heavy atom. The lowest BCUT2D eigenvalue weighted by Crippen LogP contribution is -2.19. The zero-order chi connectivity index (χ0) is 13.1. The number of rotatable bonds is 2. The van der Waals surface area contributed by atoms with E-state index in [4.69, 9.17) is 11.6 Å². The molecule has 2 amide bonds. The van der Waals surface area contributed by atoms with Gasteiger partial charge in [-0.3, -0.25) is 5.32 Å². The molecule has 2 rings (SSSR count). The molecule has 0 radical (unpaired) electrons. The minimum atomic E-state index is -0.539. The summed E-state index contributed by atoms with van der Waals surface area (Å²) in [5, 5.41) is 13.6. The first-order chi connectivity index (χ1) is 8.54. The van der Waals surface area contributed by atoms with E-state index in [1.807, 2.05) is 0 Å². The van der Waals surface area contributed by atoms with Gasteiger partial charge in [-0.15, -0.1) is 10.2 Å². The van der Waals surface area contributed by atoms with Crippen molar-refractivity contribution in [1.82, 2.24) is 10.2 Å². The maximum atomic E-state index is 12.9. The Labute approximate surface area is 111 Å². The van der Waals surface area contributed by atoms with Crippen molar-refractivity contribution in [2.24, 2.45) is 0 Å². The molecule has 8 heteroatoms. The molecule has 0 aliphatic heterocycles. The third kappa shape index (κ3) is 3.14. The highest BCUT2D eigenvalue weighted by Gasteiger charge is 2.07. The molecule has 0 aliphatic rings.